The molecule has 0 saturated carbocycles. The third kappa shape index (κ3) is 3.70. The molecule has 2 aliphatic rings. The summed E-state index contributed by atoms with van der Waals surface area (Å²) < 4.78 is 39.4. The van der Waals surface area contributed by atoms with E-state index in [1.807, 2.05) is 0 Å². The lowest BCUT2D eigenvalue weighted by atomic mass is 9.99. The van der Waals surface area contributed by atoms with E-state index in [9.17, 15) is 18.0 Å². The molecule has 0 spiro atoms. The zero-order valence-corrected chi connectivity index (χ0v) is 16.8. The number of carbonyl (C=O) groups excluding carboxylic acids is 1. The largest absolute Gasteiger partial charge is 0.417 e. The zero-order chi connectivity index (χ0) is 22.3. The van der Waals surface area contributed by atoms with Gasteiger partial charge in [0, 0.05) is 43.4 Å². The van der Waals surface area contributed by atoms with Crippen molar-refractivity contribution >= 4 is 23.4 Å². The minimum atomic E-state index is -4.51. The number of rotatable bonds is 2. The molecule has 1 saturated heterocycles. The first-order chi connectivity index (χ1) is 15.4. The number of hydrogen-bond acceptors (Lipinski definition) is 6. The van der Waals surface area contributed by atoms with Crippen molar-refractivity contribution in [1.82, 2.24) is 19.9 Å². The lowest BCUT2D eigenvalue weighted by Gasteiger charge is -2.45. The number of hydrogen-bond donors (Lipinski definition) is 1. The second-order valence-electron chi connectivity index (χ2n) is 7.63. The highest BCUT2D eigenvalue weighted by Crippen LogP contribution is 2.40. The van der Waals surface area contributed by atoms with Crippen molar-refractivity contribution in [3.05, 3.63) is 54.7 Å². The van der Waals surface area contributed by atoms with Crippen LogP contribution in [0.1, 0.15) is 18.4 Å². The summed E-state index contributed by atoms with van der Waals surface area (Å²) in [6, 6.07) is 3.93. The molecule has 11 heteroatoms. The Hall–Kier alpha value is -3.76. The molecule has 5 rings (SSSR count). The summed E-state index contributed by atoms with van der Waals surface area (Å²) in [6.07, 6.45) is 3.72. The van der Waals surface area contributed by atoms with Crippen molar-refractivity contribution in [1.29, 1.82) is 0 Å². The molecular weight excluding hydrogens is 423 g/mol. The number of alkyl halides is 3. The van der Waals surface area contributed by atoms with E-state index in [0.29, 0.717) is 23.9 Å². The minimum Gasteiger partial charge on any atom is -0.366 e. The molecule has 5 heterocycles. The first-order valence-electron chi connectivity index (χ1n) is 10.0. The molecule has 1 atom stereocenters. The third-order valence-corrected chi connectivity index (χ3v) is 5.56. The van der Waals surface area contributed by atoms with Gasteiger partial charge in [-0.3, -0.25) is 20.2 Å². The Morgan fingerprint density at radius 2 is 2.00 bits per heavy atom. The van der Waals surface area contributed by atoms with Crippen molar-refractivity contribution in [3.63, 3.8) is 0 Å². The van der Waals surface area contributed by atoms with Crippen LogP contribution in [-0.4, -0.2) is 45.1 Å². The number of pyridine rings is 2. The number of halogens is 3. The Kier molecular flexibility index (Phi) is 4.87. The predicted molar refractivity (Wildman–Crippen MR) is 111 cm³/mol. The number of amides is 2. The lowest BCUT2D eigenvalue weighted by molar-refractivity contribution is -0.137. The zero-order valence-electron chi connectivity index (χ0n) is 16.8. The van der Waals surface area contributed by atoms with Gasteiger partial charge in [0.15, 0.2) is 11.6 Å². The van der Waals surface area contributed by atoms with E-state index in [-0.39, 0.29) is 11.6 Å². The maximum absolute atomic E-state index is 13.2. The van der Waals surface area contributed by atoms with E-state index >= 15 is 0 Å². The first-order valence-corrected chi connectivity index (χ1v) is 10.0. The van der Waals surface area contributed by atoms with Gasteiger partial charge in [-0.1, -0.05) is 0 Å². The molecule has 2 bridgehead atoms. The first kappa shape index (κ1) is 20.2. The Bertz CT molecular complexity index is 1160. The topological polar surface area (TPSA) is 87.1 Å². The van der Waals surface area contributed by atoms with E-state index in [2.05, 4.69) is 30.2 Å². The Morgan fingerprint density at radius 1 is 1.12 bits per heavy atom. The van der Waals surface area contributed by atoms with Gasteiger partial charge >= 0.3 is 12.2 Å². The van der Waals surface area contributed by atoms with E-state index in [0.717, 1.165) is 37.3 Å². The van der Waals surface area contributed by atoms with Gasteiger partial charge in [-0.15, -0.1) is 0 Å². The quantitative estimate of drug-likeness (QED) is 0.648. The highest BCUT2D eigenvalue weighted by molar-refractivity contribution is 6.04. The van der Waals surface area contributed by atoms with Gasteiger partial charge in [-0.25, -0.2) is 14.8 Å². The number of nitrogens with zero attached hydrogens (tertiary/aromatic N) is 6. The molecule has 32 heavy (non-hydrogen) atoms. The summed E-state index contributed by atoms with van der Waals surface area (Å²) in [6.45, 7) is 1.49. The second kappa shape index (κ2) is 7.74. The molecule has 164 valence electrons. The molecule has 0 unspecified atom stereocenters. The summed E-state index contributed by atoms with van der Waals surface area (Å²) in [5.41, 5.74) is 0.440. The molecule has 3 aromatic rings. The Morgan fingerprint density at radius 3 is 2.78 bits per heavy atom. The highest BCUT2D eigenvalue weighted by Gasteiger charge is 2.38. The Labute approximate surface area is 181 Å². The van der Waals surface area contributed by atoms with Gasteiger partial charge in [0.1, 0.15) is 0 Å². The smallest absolute Gasteiger partial charge is 0.366 e. The van der Waals surface area contributed by atoms with Crippen LogP contribution in [0.25, 0.3) is 11.3 Å². The van der Waals surface area contributed by atoms with Gasteiger partial charge < -0.3 is 4.90 Å². The number of carbonyl (C=O) groups is 1. The van der Waals surface area contributed by atoms with E-state index in [1.54, 1.807) is 17.0 Å². The molecule has 0 aliphatic carbocycles. The molecule has 0 aromatic carbocycles. The average Bonchev–Trinajstić information content (AvgIpc) is 2.79. The molecule has 8 nitrogen and oxygen atoms in total. The van der Waals surface area contributed by atoms with Gasteiger partial charge in [0.2, 0.25) is 0 Å². The molecule has 2 amide bonds. The summed E-state index contributed by atoms with van der Waals surface area (Å²) in [5.74, 6) is 0.702. The summed E-state index contributed by atoms with van der Waals surface area (Å²) >= 11 is 0. The standard InChI is InChI=1S/C21H18F3N7O/c22-21(23,24)14-8-13(9-26-10-14)16-3-4-17-19(28-16)31(15-2-1-7-30(17)12-15)20(32)29-18-11-25-5-6-27-18/h3-6,8-11,15H,1-2,7,12H2,(H,27,29,32)/t15-/m0/s1. The highest BCUT2D eigenvalue weighted by atomic mass is 19.4. The molecule has 0 radical (unpaired) electrons. The van der Waals surface area contributed by atoms with Crippen molar-refractivity contribution in [2.24, 2.45) is 0 Å². The van der Waals surface area contributed by atoms with Crippen molar-refractivity contribution in [2.45, 2.75) is 25.1 Å². The fourth-order valence-corrected chi connectivity index (χ4v) is 4.11. The third-order valence-electron chi connectivity index (χ3n) is 5.56. The van der Waals surface area contributed by atoms with Crippen LogP contribution in [0.5, 0.6) is 0 Å². The van der Waals surface area contributed by atoms with Crippen molar-refractivity contribution < 1.29 is 18.0 Å². The van der Waals surface area contributed by atoms with E-state index in [4.69, 9.17) is 0 Å². The molecule has 1 fully saturated rings. The monoisotopic (exact) mass is 441 g/mol. The number of anilines is 3. The number of urea groups is 1. The number of piperidine rings is 1. The summed E-state index contributed by atoms with van der Waals surface area (Å²) in [7, 11) is 0. The summed E-state index contributed by atoms with van der Waals surface area (Å²) in [5, 5.41) is 2.74. The fraction of sp³-hybridized carbons (Fsp3) is 0.286. The van der Waals surface area contributed by atoms with E-state index in [1.165, 1.54) is 24.8 Å². The maximum Gasteiger partial charge on any atom is 0.417 e. The average molecular weight is 441 g/mol. The second-order valence-corrected chi connectivity index (χ2v) is 7.63. The number of nitrogens with one attached hydrogen (secondary N) is 1. The lowest BCUT2D eigenvalue weighted by Crippen LogP contribution is -2.56. The number of aromatic nitrogens is 4. The Balaban J connectivity index is 1.55. The van der Waals surface area contributed by atoms with Crippen LogP contribution < -0.4 is 15.1 Å². The minimum absolute atomic E-state index is 0.115. The van der Waals surface area contributed by atoms with Gasteiger partial charge in [-0.2, -0.15) is 13.2 Å². The normalized spacial score (nSPS) is 17.7. The van der Waals surface area contributed by atoms with Gasteiger partial charge in [0.25, 0.3) is 0 Å². The SMILES string of the molecule is O=C(Nc1cnccn1)N1c2nc(-c3cncc(C(F)(F)F)c3)ccc2N2CCC[C@H]1C2. The predicted octanol–water partition coefficient (Wildman–Crippen LogP) is 3.97. The molecule has 2 aliphatic heterocycles. The van der Waals surface area contributed by atoms with Gasteiger partial charge in [-0.05, 0) is 31.0 Å². The molecule has 3 aromatic heterocycles. The summed E-state index contributed by atoms with van der Waals surface area (Å²) in [4.78, 5) is 33.3. The molecule has 1 N–H and O–H groups in total. The molecular formula is C21H18F3N7O. The van der Waals surface area contributed by atoms with Crippen LogP contribution >= 0.6 is 0 Å². The van der Waals surface area contributed by atoms with Crippen LogP contribution in [-0.2, 0) is 6.18 Å². The van der Waals surface area contributed by atoms with Crippen LogP contribution in [0.4, 0.5) is 35.3 Å². The number of fused-ring (bicyclic) bond motifs is 4. The van der Waals surface area contributed by atoms with E-state index < -0.39 is 17.8 Å². The van der Waals surface area contributed by atoms with Crippen molar-refractivity contribution in [2.75, 3.05) is 28.2 Å². The van der Waals surface area contributed by atoms with Crippen LogP contribution in [0.15, 0.2) is 49.2 Å². The fourth-order valence-electron chi connectivity index (χ4n) is 4.11. The van der Waals surface area contributed by atoms with Crippen LogP contribution in [0.2, 0.25) is 0 Å². The van der Waals surface area contributed by atoms with Crippen LogP contribution in [0, 0.1) is 0 Å². The maximum atomic E-state index is 13.2. The van der Waals surface area contributed by atoms with Gasteiger partial charge in [0.05, 0.1) is 29.2 Å². The van der Waals surface area contributed by atoms with Crippen LogP contribution in [0.3, 0.4) is 0 Å². The van der Waals surface area contributed by atoms with Crippen molar-refractivity contribution in [3.8, 4) is 11.3 Å².